The van der Waals surface area contributed by atoms with E-state index in [9.17, 15) is 4.79 Å². The fourth-order valence-corrected chi connectivity index (χ4v) is 6.75. The highest BCUT2D eigenvalue weighted by Crippen LogP contribution is 2.36. The Labute approximate surface area is 225 Å². The molecule has 2 aromatic heterocycles. The van der Waals surface area contributed by atoms with Gasteiger partial charge in [0.2, 0.25) is 5.95 Å². The summed E-state index contributed by atoms with van der Waals surface area (Å²) in [6, 6.07) is 8.85. The van der Waals surface area contributed by atoms with Crippen molar-refractivity contribution in [2.24, 2.45) is 5.92 Å². The summed E-state index contributed by atoms with van der Waals surface area (Å²) >= 11 is 0. The number of benzene rings is 1. The van der Waals surface area contributed by atoms with Gasteiger partial charge in [0.25, 0.3) is 5.56 Å². The number of H-pyrrole nitrogens is 1. The van der Waals surface area contributed by atoms with Crippen molar-refractivity contribution in [3.63, 3.8) is 0 Å². The smallest absolute Gasteiger partial charge is 0.278 e. The number of aromatic nitrogens is 4. The summed E-state index contributed by atoms with van der Waals surface area (Å²) in [4.78, 5) is 26.6. The third-order valence-corrected chi connectivity index (χ3v) is 8.82. The molecule has 0 atom stereocenters. The van der Waals surface area contributed by atoms with Crippen molar-refractivity contribution in [2.75, 3.05) is 42.6 Å². The van der Waals surface area contributed by atoms with Crippen LogP contribution in [0.3, 0.4) is 0 Å². The average Bonchev–Trinajstić information content (AvgIpc) is 3.62. The number of morpholine rings is 1. The highest BCUT2D eigenvalue weighted by molar-refractivity contribution is 5.78. The molecule has 1 aliphatic heterocycles. The first kappa shape index (κ1) is 25.4. The van der Waals surface area contributed by atoms with Crippen LogP contribution in [0.15, 0.2) is 29.1 Å². The summed E-state index contributed by atoms with van der Waals surface area (Å²) in [5, 5.41) is 4.91. The van der Waals surface area contributed by atoms with Crippen LogP contribution in [0.4, 0.5) is 11.6 Å². The lowest BCUT2D eigenvalue weighted by Gasteiger charge is -2.31. The molecular formula is C30H42N6O2. The van der Waals surface area contributed by atoms with Crippen molar-refractivity contribution in [3.8, 4) is 0 Å². The highest BCUT2D eigenvalue weighted by Gasteiger charge is 2.27. The van der Waals surface area contributed by atoms with Gasteiger partial charge in [0.15, 0.2) is 5.52 Å². The number of aryl methyl sites for hydroxylation is 1. The number of nitrogens with one attached hydrogen (secondary N) is 1. The Morgan fingerprint density at radius 3 is 2.58 bits per heavy atom. The van der Waals surface area contributed by atoms with Crippen molar-refractivity contribution >= 4 is 22.7 Å². The van der Waals surface area contributed by atoms with Crippen LogP contribution in [0.1, 0.15) is 81.9 Å². The lowest BCUT2D eigenvalue weighted by molar-refractivity contribution is 0.122. The van der Waals surface area contributed by atoms with E-state index in [1.54, 1.807) is 0 Å². The zero-order valence-electron chi connectivity index (χ0n) is 22.8. The predicted octanol–water partition coefficient (Wildman–Crippen LogP) is 5.22. The van der Waals surface area contributed by atoms with Crippen molar-refractivity contribution in [1.29, 1.82) is 0 Å². The first-order valence-corrected chi connectivity index (χ1v) is 14.9. The molecule has 0 bridgehead atoms. The van der Waals surface area contributed by atoms with Gasteiger partial charge in [-0.1, -0.05) is 44.2 Å². The zero-order valence-corrected chi connectivity index (χ0v) is 22.8. The van der Waals surface area contributed by atoms with Crippen molar-refractivity contribution in [3.05, 3.63) is 45.9 Å². The van der Waals surface area contributed by atoms with E-state index in [-0.39, 0.29) is 5.56 Å². The standard InChI is InChI=1S/C30H42N6O2/c1-2-36-28-27(26(33-36)24-12-6-7-13-24)31-30(32-29(28)37)35(20-22-9-4-3-5-10-22)21-23-11-8-14-25(19-23)34-15-17-38-18-16-34/h8,11,14,19,22,24H,2-7,9-10,12-13,15-18,20-21H2,1H3,(H,31,32,37). The van der Waals surface area contributed by atoms with E-state index in [1.165, 1.54) is 56.2 Å². The van der Waals surface area contributed by atoms with Gasteiger partial charge in [-0.3, -0.25) is 14.5 Å². The first-order valence-electron chi connectivity index (χ1n) is 14.9. The van der Waals surface area contributed by atoms with Crippen molar-refractivity contribution in [1.82, 2.24) is 19.7 Å². The van der Waals surface area contributed by atoms with Gasteiger partial charge in [-0.2, -0.15) is 5.10 Å². The molecule has 3 aromatic rings. The van der Waals surface area contributed by atoms with Gasteiger partial charge in [-0.25, -0.2) is 4.98 Å². The Balaban J connectivity index is 1.36. The number of ether oxygens (including phenoxy) is 1. The van der Waals surface area contributed by atoms with Crippen LogP contribution < -0.4 is 15.4 Å². The minimum Gasteiger partial charge on any atom is -0.378 e. The summed E-state index contributed by atoms with van der Waals surface area (Å²) in [5.41, 5.74) is 4.89. The quantitative estimate of drug-likeness (QED) is 0.440. The summed E-state index contributed by atoms with van der Waals surface area (Å²) in [5.74, 6) is 1.73. The molecule has 1 saturated heterocycles. The van der Waals surface area contributed by atoms with Gasteiger partial charge in [-0.15, -0.1) is 0 Å². The van der Waals surface area contributed by atoms with Crippen LogP contribution in [0, 0.1) is 5.92 Å². The van der Waals surface area contributed by atoms with E-state index in [4.69, 9.17) is 14.8 Å². The number of fused-ring (bicyclic) bond motifs is 1. The second-order valence-corrected chi connectivity index (χ2v) is 11.4. The maximum absolute atomic E-state index is 13.5. The third-order valence-electron chi connectivity index (χ3n) is 8.82. The highest BCUT2D eigenvalue weighted by atomic mass is 16.5. The van der Waals surface area contributed by atoms with E-state index < -0.39 is 0 Å². The Morgan fingerprint density at radius 2 is 1.82 bits per heavy atom. The third kappa shape index (κ3) is 5.33. The van der Waals surface area contributed by atoms with Gasteiger partial charge in [0.05, 0.1) is 18.9 Å². The molecule has 2 saturated carbocycles. The molecule has 0 radical (unpaired) electrons. The molecule has 204 valence electrons. The van der Waals surface area contributed by atoms with E-state index >= 15 is 0 Å². The number of aromatic amines is 1. The topological polar surface area (TPSA) is 79.3 Å². The van der Waals surface area contributed by atoms with Gasteiger partial charge < -0.3 is 14.5 Å². The molecule has 0 unspecified atom stereocenters. The first-order chi connectivity index (χ1) is 18.7. The van der Waals surface area contributed by atoms with Crippen LogP contribution in [0.25, 0.3) is 11.0 Å². The molecule has 1 aromatic carbocycles. The molecule has 8 heteroatoms. The van der Waals surface area contributed by atoms with Crippen molar-refractivity contribution in [2.45, 2.75) is 83.7 Å². The summed E-state index contributed by atoms with van der Waals surface area (Å²) in [7, 11) is 0. The SMILES string of the molecule is CCn1nc(C2CCCC2)c2nc(N(Cc3cccc(N4CCOCC4)c3)CC3CCCCC3)[nH]c(=O)c21. The molecule has 3 aliphatic rings. The van der Waals surface area contributed by atoms with Gasteiger partial charge in [-0.05, 0) is 56.2 Å². The maximum Gasteiger partial charge on any atom is 0.278 e. The van der Waals surface area contributed by atoms with Crippen LogP contribution in [0.5, 0.6) is 0 Å². The molecule has 3 fully saturated rings. The molecule has 38 heavy (non-hydrogen) atoms. The predicted molar refractivity (Wildman–Crippen MR) is 152 cm³/mol. The van der Waals surface area contributed by atoms with Crippen molar-refractivity contribution < 1.29 is 4.74 Å². The van der Waals surface area contributed by atoms with E-state index in [0.717, 1.165) is 63.4 Å². The fraction of sp³-hybridized carbons (Fsp3) is 0.633. The Morgan fingerprint density at radius 1 is 1.05 bits per heavy atom. The van der Waals surface area contributed by atoms with E-state index in [1.807, 2.05) is 4.68 Å². The number of hydrogen-bond acceptors (Lipinski definition) is 6. The Bertz CT molecular complexity index is 1280. The second kappa shape index (κ2) is 11.5. The van der Waals surface area contributed by atoms with Crippen LogP contribution in [-0.4, -0.2) is 52.6 Å². The number of anilines is 2. The largest absolute Gasteiger partial charge is 0.378 e. The monoisotopic (exact) mass is 518 g/mol. The normalized spacial score (nSPS) is 19.4. The van der Waals surface area contributed by atoms with Gasteiger partial charge in [0.1, 0.15) is 5.52 Å². The van der Waals surface area contributed by atoms with Crippen LogP contribution >= 0.6 is 0 Å². The molecule has 3 heterocycles. The summed E-state index contributed by atoms with van der Waals surface area (Å²) in [6.45, 7) is 7.76. The lowest BCUT2D eigenvalue weighted by atomic mass is 9.89. The molecule has 0 spiro atoms. The number of nitrogens with zero attached hydrogens (tertiary/aromatic N) is 5. The number of rotatable bonds is 8. The molecule has 1 N–H and O–H groups in total. The van der Waals surface area contributed by atoms with Gasteiger partial charge >= 0.3 is 0 Å². The molecule has 8 nitrogen and oxygen atoms in total. The lowest BCUT2D eigenvalue weighted by Crippen LogP contribution is -2.36. The molecule has 6 rings (SSSR count). The van der Waals surface area contributed by atoms with Crippen LogP contribution in [0.2, 0.25) is 0 Å². The average molecular weight is 519 g/mol. The van der Waals surface area contributed by atoms with Crippen LogP contribution in [-0.2, 0) is 17.8 Å². The fourth-order valence-electron chi connectivity index (χ4n) is 6.75. The minimum atomic E-state index is -0.0701. The van der Waals surface area contributed by atoms with E-state index in [0.29, 0.717) is 29.8 Å². The molecule has 2 aliphatic carbocycles. The Kier molecular flexibility index (Phi) is 7.68. The molecule has 0 amide bonds. The van der Waals surface area contributed by atoms with E-state index in [2.05, 4.69) is 46.0 Å². The minimum absolute atomic E-state index is 0.0701. The number of hydrogen-bond donors (Lipinski definition) is 1. The second-order valence-electron chi connectivity index (χ2n) is 11.4. The summed E-state index contributed by atoms with van der Waals surface area (Å²) in [6.07, 6.45) is 11.2. The maximum atomic E-state index is 13.5. The molecular weight excluding hydrogens is 476 g/mol. The zero-order chi connectivity index (χ0) is 25.9. The Hall–Kier alpha value is -2.87. The summed E-state index contributed by atoms with van der Waals surface area (Å²) < 4.78 is 7.42. The van der Waals surface area contributed by atoms with Gasteiger partial charge in [0, 0.05) is 44.3 Å².